The lowest BCUT2D eigenvalue weighted by Gasteiger charge is -2.12. The molecule has 0 heterocycles. The van der Waals surface area contributed by atoms with Crippen molar-refractivity contribution in [2.24, 2.45) is 0 Å². The van der Waals surface area contributed by atoms with Crippen LogP contribution in [0.2, 0.25) is 0 Å². The van der Waals surface area contributed by atoms with Crippen molar-refractivity contribution in [3.05, 3.63) is 35.4 Å². The predicted octanol–water partition coefficient (Wildman–Crippen LogP) is 3.35. The minimum atomic E-state index is 0.138. The molecule has 3 heteroatoms. The van der Waals surface area contributed by atoms with Gasteiger partial charge in [-0.3, -0.25) is 4.79 Å². The number of benzene rings is 1. The number of ether oxygens (including phenoxy) is 1. The topological polar surface area (TPSA) is 43.4 Å². The summed E-state index contributed by atoms with van der Waals surface area (Å²) in [6.07, 6.45) is 7.48. The quantitative estimate of drug-likeness (QED) is 0.715. The Balaban J connectivity index is 1.77. The molecule has 20 heavy (non-hydrogen) atoms. The van der Waals surface area contributed by atoms with Gasteiger partial charge in [0.15, 0.2) is 5.78 Å². The van der Waals surface area contributed by atoms with E-state index in [0.29, 0.717) is 19.4 Å². The second-order valence-corrected chi connectivity index (χ2v) is 5.20. The summed E-state index contributed by atoms with van der Waals surface area (Å²) >= 11 is 0. The van der Waals surface area contributed by atoms with E-state index in [-0.39, 0.29) is 11.6 Å². The molecule has 0 saturated carbocycles. The number of allylic oxidation sites excluding steroid dienone is 1. The molecule has 1 aromatic rings. The average Bonchev–Trinajstić information content (AvgIpc) is 2.42. The van der Waals surface area contributed by atoms with E-state index in [9.17, 15) is 9.59 Å². The highest BCUT2D eigenvalue weighted by atomic mass is 16.5. The predicted molar refractivity (Wildman–Crippen MR) is 78.8 cm³/mol. The van der Waals surface area contributed by atoms with Crippen LogP contribution >= 0.6 is 0 Å². The SMILES string of the molecule is CC(=O)CCCCCOc1ccc2c(c1)CC(=O)C=C2. The highest BCUT2D eigenvalue weighted by Gasteiger charge is 2.11. The summed E-state index contributed by atoms with van der Waals surface area (Å²) in [5.41, 5.74) is 2.13. The Kier molecular flexibility index (Phi) is 5.10. The smallest absolute Gasteiger partial charge is 0.160 e. The van der Waals surface area contributed by atoms with Crippen molar-refractivity contribution in [2.75, 3.05) is 6.61 Å². The number of unbranched alkanes of at least 4 members (excludes halogenated alkanes) is 2. The van der Waals surface area contributed by atoms with Gasteiger partial charge in [0.2, 0.25) is 0 Å². The fraction of sp³-hybridized carbons (Fsp3) is 0.412. The summed E-state index contributed by atoms with van der Waals surface area (Å²) in [6, 6.07) is 5.88. The molecule has 0 spiro atoms. The van der Waals surface area contributed by atoms with Gasteiger partial charge in [-0.25, -0.2) is 0 Å². The molecule has 2 rings (SSSR count). The van der Waals surface area contributed by atoms with E-state index in [2.05, 4.69) is 0 Å². The Bertz CT molecular complexity index is 529. The zero-order valence-electron chi connectivity index (χ0n) is 11.9. The molecular formula is C17H20O3. The van der Waals surface area contributed by atoms with Crippen LogP contribution in [-0.2, 0) is 16.0 Å². The third kappa shape index (κ3) is 4.34. The Morgan fingerprint density at radius 1 is 1.20 bits per heavy atom. The third-order valence-electron chi connectivity index (χ3n) is 3.37. The van der Waals surface area contributed by atoms with E-state index in [4.69, 9.17) is 4.74 Å². The van der Waals surface area contributed by atoms with E-state index < -0.39 is 0 Å². The maximum atomic E-state index is 11.4. The standard InChI is InChI=1S/C17H20O3/c1-13(18)5-3-2-4-10-20-17-9-7-14-6-8-16(19)11-15(14)12-17/h6-9,12H,2-5,10-11H2,1H3. The van der Waals surface area contributed by atoms with Gasteiger partial charge in [-0.05, 0) is 55.5 Å². The Hall–Kier alpha value is -1.90. The summed E-state index contributed by atoms with van der Waals surface area (Å²) in [7, 11) is 0. The van der Waals surface area contributed by atoms with Crippen LogP contribution in [0.3, 0.4) is 0 Å². The van der Waals surface area contributed by atoms with Crippen molar-refractivity contribution in [1.82, 2.24) is 0 Å². The molecule has 1 aliphatic rings. The number of hydrogen-bond donors (Lipinski definition) is 0. The van der Waals surface area contributed by atoms with Crippen LogP contribution in [0.1, 0.15) is 43.7 Å². The van der Waals surface area contributed by atoms with Crippen molar-refractivity contribution in [2.45, 2.75) is 39.0 Å². The number of ketones is 2. The highest BCUT2D eigenvalue weighted by molar-refractivity contribution is 5.98. The number of fused-ring (bicyclic) bond motifs is 1. The van der Waals surface area contributed by atoms with Crippen molar-refractivity contribution >= 4 is 17.6 Å². The van der Waals surface area contributed by atoms with Gasteiger partial charge in [0.1, 0.15) is 11.5 Å². The molecular weight excluding hydrogens is 252 g/mol. The molecule has 0 saturated heterocycles. The first kappa shape index (κ1) is 14.5. The summed E-state index contributed by atoms with van der Waals surface area (Å²) < 4.78 is 5.69. The third-order valence-corrected chi connectivity index (χ3v) is 3.37. The minimum absolute atomic E-state index is 0.138. The normalized spacial score (nSPS) is 13.2. The van der Waals surface area contributed by atoms with Crippen molar-refractivity contribution in [3.63, 3.8) is 0 Å². The number of carbonyl (C=O) groups is 2. The summed E-state index contributed by atoms with van der Waals surface area (Å²) in [5.74, 6) is 1.20. The molecule has 0 aliphatic heterocycles. The van der Waals surface area contributed by atoms with Crippen LogP contribution in [0, 0.1) is 0 Å². The van der Waals surface area contributed by atoms with Crippen molar-refractivity contribution in [3.8, 4) is 5.75 Å². The summed E-state index contributed by atoms with van der Waals surface area (Å²) in [4.78, 5) is 22.2. The van der Waals surface area contributed by atoms with Crippen LogP contribution in [0.4, 0.5) is 0 Å². The fourth-order valence-corrected chi connectivity index (χ4v) is 2.26. The number of hydrogen-bond acceptors (Lipinski definition) is 3. The van der Waals surface area contributed by atoms with Crippen LogP contribution in [0.5, 0.6) is 5.75 Å². The van der Waals surface area contributed by atoms with Crippen LogP contribution in [0.15, 0.2) is 24.3 Å². The number of rotatable bonds is 7. The second-order valence-electron chi connectivity index (χ2n) is 5.20. The van der Waals surface area contributed by atoms with Gasteiger partial charge >= 0.3 is 0 Å². The van der Waals surface area contributed by atoms with Crippen molar-refractivity contribution in [1.29, 1.82) is 0 Å². The Labute approximate surface area is 119 Å². The van der Waals surface area contributed by atoms with Gasteiger partial charge in [0.05, 0.1) is 6.61 Å². The zero-order valence-corrected chi connectivity index (χ0v) is 11.9. The van der Waals surface area contributed by atoms with E-state index in [0.717, 1.165) is 36.1 Å². The molecule has 0 fully saturated rings. The lowest BCUT2D eigenvalue weighted by molar-refractivity contribution is -0.117. The molecule has 0 atom stereocenters. The van der Waals surface area contributed by atoms with Gasteiger partial charge in [-0.15, -0.1) is 0 Å². The van der Waals surface area contributed by atoms with E-state index >= 15 is 0 Å². The lowest BCUT2D eigenvalue weighted by Crippen LogP contribution is -2.06. The maximum Gasteiger partial charge on any atom is 0.160 e. The van der Waals surface area contributed by atoms with E-state index in [1.54, 1.807) is 13.0 Å². The average molecular weight is 272 g/mol. The molecule has 3 nitrogen and oxygen atoms in total. The molecule has 0 N–H and O–H groups in total. The zero-order chi connectivity index (χ0) is 14.4. The van der Waals surface area contributed by atoms with Gasteiger partial charge in [-0.2, -0.15) is 0 Å². The maximum absolute atomic E-state index is 11.4. The fourth-order valence-electron chi connectivity index (χ4n) is 2.26. The molecule has 0 unspecified atom stereocenters. The second kappa shape index (κ2) is 7.04. The van der Waals surface area contributed by atoms with Gasteiger partial charge < -0.3 is 9.53 Å². The molecule has 0 aromatic heterocycles. The van der Waals surface area contributed by atoms with Crippen LogP contribution in [-0.4, -0.2) is 18.2 Å². The molecule has 0 bridgehead atoms. The van der Waals surface area contributed by atoms with Crippen LogP contribution < -0.4 is 4.74 Å². The van der Waals surface area contributed by atoms with Gasteiger partial charge in [-0.1, -0.05) is 12.1 Å². The highest BCUT2D eigenvalue weighted by Crippen LogP contribution is 2.23. The van der Waals surface area contributed by atoms with Crippen LogP contribution in [0.25, 0.3) is 6.08 Å². The Morgan fingerprint density at radius 3 is 2.85 bits per heavy atom. The molecule has 106 valence electrons. The monoisotopic (exact) mass is 272 g/mol. The largest absolute Gasteiger partial charge is 0.494 e. The lowest BCUT2D eigenvalue weighted by atomic mass is 9.96. The molecule has 0 radical (unpaired) electrons. The first-order valence-corrected chi connectivity index (χ1v) is 7.11. The number of Topliss-reactive ketones (excluding diaryl/α,β-unsaturated/α-hetero) is 1. The minimum Gasteiger partial charge on any atom is -0.494 e. The first-order valence-electron chi connectivity index (χ1n) is 7.11. The van der Waals surface area contributed by atoms with Crippen molar-refractivity contribution < 1.29 is 14.3 Å². The molecule has 1 aromatic carbocycles. The summed E-state index contributed by atoms with van der Waals surface area (Å²) in [6.45, 7) is 2.28. The Morgan fingerprint density at radius 2 is 2.05 bits per heavy atom. The molecule has 1 aliphatic carbocycles. The summed E-state index contributed by atoms with van der Waals surface area (Å²) in [5, 5.41) is 0. The first-order chi connectivity index (χ1) is 9.65. The van der Waals surface area contributed by atoms with E-state index in [1.807, 2.05) is 24.3 Å². The molecule has 0 amide bonds. The van der Waals surface area contributed by atoms with Gasteiger partial charge in [0, 0.05) is 12.8 Å². The van der Waals surface area contributed by atoms with E-state index in [1.165, 1.54) is 0 Å². The van der Waals surface area contributed by atoms with Gasteiger partial charge in [0.25, 0.3) is 0 Å². The number of carbonyl (C=O) groups excluding carboxylic acids is 2.